The van der Waals surface area contributed by atoms with Crippen LogP contribution in [0.2, 0.25) is 0 Å². The van der Waals surface area contributed by atoms with Gasteiger partial charge in [0.2, 0.25) is 0 Å². The van der Waals surface area contributed by atoms with Crippen molar-refractivity contribution in [1.82, 2.24) is 0 Å². The average molecular weight is 298 g/mol. The maximum absolute atomic E-state index is 9.19. The van der Waals surface area contributed by atoms with Gasteiger partial charge in [-0.15, -0.1) is 0 Å². The fourth-order valence-corrected chi connectivity index (χ4v) is 0.306. The minimum Gasteiger partial charge on any atom is -0.481 e. The molecule has 19 heavy (non-hydrogen) atoms. The van der Waals surface area contributed by atoms with Crippen molar-refractivity contribution in [3.8, 4) is 11.8 Å². The Hall–Kier alpha value is -1.14. The number of aliphatic carboxylic acids is 1. The first-order chi connectivity index (χ1) is 7.94. The fourth-order valence-electron chi connectivity index (χ4n) is 0.306. The van der Waals surface area contributed by atoms with Crippen molar-refractivity contribution in [3.05, 3.63) is 0 Å². The Labute approximate surface area is 114 Å². The summed E-state index contributed by atoms with van der Waals surface area (Å²) in [7, 11) is -3.67. The molecule has 0 bridgehead atoms. The van der Waals surface area contributed by atoms with E-state index in [0.717, 1.165) is 6.92 Å². The van der Waals surface area contributed by atoms with E-state index < -0.39 is 27.3 Å². The lowest BCUT2D eigenvalue weighted by atomic mass is 10.1. The number of rotatable bonds is 0. The zero-order chi connectivity index (χ0) is 16.5. The monoisotopic (exact) mass is 298 g/mol. The van der Waals surface area contributed by atoms with E-state index in [1.54, 1.807) is 27.7 Å². The van der Waals surface area contributed by atoms with Crippen LogP contribution in [0.15, 0.2) is 0 Å². The number of hydrogen-bond acceptors (Lipinski definition) is 5. The van der Waals surface area contributed by atoms with Gasteiger partial charge in [-0.25, -0.2) is 0 Å². The summed E-state index contributed by atoms with van der Waals surface area (Å²) >= 11 is 0. The first-order valence-corrected chi connectivity index (χ1v) is 6.90. The van der Waals surface area contributed by atoms with Gasteiger partial charge in [0.15, 0.2) is 0 Å². The van der Waals surface area contributed by atoms with Gasteiger partial charge in [-0.3, -0.25) is 9.35 Å². The molecule has 0 amide bonds. The minimum absolute atomic E-state index is 0.715. The maximum atomic E-state index is 9.19. The summed E-state index contributed by atoms with van der Waals surface area (Å²) in [5.74, 6) is 4.20. The molecule has 0 spiro atoms. The van der Waals surface area contributed by atoms with Crippen LogP contribution in [0.1, 0.15) is 34.6 Å². The molecule has 0 unspecified atom stereocenters. The van der Waals surface area contributed by atoms with Crippen molar-refractivity contribution in [1.29, 1.82) is 0 Å². The van der Waals surface area contributed by atoms with Gasteiger partial charge >= 0.3 is 0 Å². The Morgan fingerprint density at radius 2 is 1.11 bits per heavy atom. The second-order valence-corrected chi connectivity index (χ2v) is 6.09. The van der Waals surface area contributed by atoms with Crippen molar-refractivity contribution in [2.75, 3.05) is 6.26 Å². The molecule has 0 aliphatic carbocycles. The molecule has 0 heterocycles. The molecular formula is C11H22O7S. The molecule has 0 aromatic heterocycles. The summed E-state index contributed by atoms with van der Waals surface area (Å²) in [6.07, 6.45) is 0.715. The second kappa shape index (κ2) is 8.87. The summed E-state index contributed by atoms with van der Waals surface area (Å²) in [6, 6.07) is 0. The SMILES string of the molecule is CC(=O)O.CC(C)(O)C#CC(C)(C)O.CS(=O)(=O)O. The summed E-state index contributed by atoms with van der Waals surface area (Å²) < 4.78 is 25.9. The molecule has 0 saturated carbocycles. The number of carboxylic acids is 1. The third-order valence-electron chi connectivity index (χ3n) is 0.674. The zero-order valence-electron chi connectivity index (χ0n) is 11.9. The molecule has 0 fully saturated rings. The van der Waals surface area contributed by atoms with Crippen molar-refractivity contribution < 1.29 is 33.1 Å². The van der Waals surface area contributed by atoms with Gasteiger partial charge in [-0.05, 0) is 27.7 Å². The third kappa shape index (κ3) is 108. The van der Waals surface area contributed by atoms with Crippen LogP contribution in [-0.2, 0) is 14.9 Å². The van der Waals surface area contributed by atoms with E-state index in [4.69, 9.17) is 24.7 Å². The second-order valence-electron chi connectivity index (χ2n) is 4.62. The van der Waals surface area contributed by atoms with Gasteiger partial charge in [0, 0.05) is 6.92 Å². The maximum Gasteiger partial charge on any atom is 0.300 e. The molecule has 4 N–H and O–H groups in total. The van der Waals surface area contributed by atoms with E-state index in [1.807, 2.05) is 0 Å². The molecule has 8 heteroatoms. The average Bonchev–Trinajstić information content (AvgIpc) is 1.93. The van der Waals surface area contributed by atoms with Gasteiger partial charge in [-0.2, -0.15) is 8.42 Å². The van der Waals surface area contributed by atoms with E-state index in [2.05, 4.69) is 11.8 Å². The molecule has 0 aromatic carbocycles. The Morgan fingerprint density at radius 1 is 1.00 bits per heavy atom. The van der Waals surface area contributed by atoms with Gasteiger partial charge in [0.1, 0.15) is 11.2 Å². The van der Waals surface area contributed by atoms with Crippen LogP contribution >= 0.6 is 0 Å². The van der Waals surface area contributed by atoms with Crippen LogP contribution in [-0.4, -0.2) is 51.7 Å². The number of hydrogen-bond donors (Lipinski definition) is 4. The lowest BCUT2D eigenvalue weighted by Crippen LogP contribution is -2.20. The van der Waals surface area contributed by atoms with E-state index >= 15 is 0 Å². The van der Waals surface area contributed by atoms with Gasteiger partial charge < -0.3 is 15.3 Å². The molecular weight excluding hydrogens is 276 g/mol. The first-order valence-electron chi connectivity index (χ1n) is 5.05. The molecule has 0 saturated heterocycles. The number of aliphatic hydroxyl groups is 2. The lowest BCUT2D eigenvalue weighted by molar-refractivity contribution is -0.134. The van der Waals surface area contributed by atoms with Crippen LogP contribution in [0.4, 0.5) is 0 Å². The summed E-state index contributed by atoms with van der Waals surface area (Å²) in [5, 5.41) is 25.6. The molecule has 0 aliphatic rings. The van der Waals surface area contributed by atoms with Crippen molar-refractivity contribution in [3.63, 3.8) is 0 Å². The highest BCUT2D eigenvalue weighted by Crippen LogP contribution is 2.01. The Kier molecular flexibility index (Phi) is 10.7. The van der Waals surface area contributed by atoms with Crippen molar-refractivity contribution >= 4 is 16.1 Å². The Balaban J connectivity index is -0.000000238. The topological polar surface area (TPSA) is 132 Å². The standard InChI is InChI=1S/C8H14O2.C2H4O2.CH4O3S/c1-7(2,9)5-6-8(3,4)10;1-2(3)4;1-5(2,3)4/h9-10H,1-4H3;1H3,(H,3,4);1H3,(H,2,3,4). The molecule has 0 radical (unpaired) electrons. The molecule has 114 valence electrons. The highest BCUT2D eigenvalue weighted by molar-refractivity contribution is 7.85. The largest absolute Gasteiger partial charge is 0.481 e. The predicted octanol–water partition coefficient (Wildman–Crippen LogP) is 0.127. The fraction of sp³-hybridized carbons (Fsp3) is 0.727. The van der Waals surface area contributed by atoms with Crippen LogP contribution in [0.5, 0.6) is 0 Å². The van der Waals surface area contributed by atoms with Crippen LogP contribution in [0.3, 0.4) is 0 Å². The smallest absolute Gasteiger partial charge is 0.300 e. The number of carboxylic acid groups (broad SMARTS) is 1. The highest BCUT2D eigenvalue weighted by Gasteiger charge is 2.10. The zero-order valence-corrected chi connectivity index (χ0v) is 12.7. The third-order valence-corrected chi connectivity index (χ3v) is 0.674. The molecule has 7 nitrogen and oxygen atoms in total. The molecule has 0 aliphatic heterocycles. The van der Waals surface area contributed by atoms with Gasteiger partial charge in [-0.1, -0.05) is 11.8 Å². The van der Waals surface area contributed by atoms with Crippen LogP contribution < -0.4 is 0 Å². The number of carbonyl (C=O) groups is 1. The molecule has 0 rings (SSSR count). The Morgan fingerprint density at radius 3 is 1.16 bits per heavy atom. The first kappa shape index (κ1) is 23.0. The summed E-state index contributed by atoms with van der Waals surface area (Å²) in [6.45, 7) is 7.38. The van der Waals surface area contributed by atoms with E-state index in [0.29, 0.717) is 6.26 Å². The van der Waals surface area contributed by atoms with Crippen LogP contribution in [0.25, 0.3) is 0 Å². The van der Waals surface area contributed by atoms with E-state index in [9.17, 15) is 8.42 Å². The Bertz CT molecular complexity index is 383. The summed E-state index contributed by atoms with van der Waals surface area (Å²) in [5.41, 5.74) is -2.03. The molecule has 0 atom stereocenters. The van der Waals surface area contributed by atoms with Crippen LogP contribution in [0, 0.1) is 11.8 Å². The normalized spacial score (nSPS) is 10.8. The highest BCUT2D eigenvalue weighted by atomic mass is 32.2. The van der Waals surface area contributed by atoms with E-state index in [-0.39, 0.29) is 0 Å². The minimum atomic E-state index is -3.67. The molecule has 0 aromatic rings. The van der Waals surface area contributed by atoms with Gasteiger partial charge in [0.05, 0.1) is 6.26 Å². The summed E-state index contributed by atoms with van der Waals surface area (Å²) in [4.78, 5) is 9.00. The van der Waals surface area contributed by atoms with Crippen molar-refractivity contribution in [2.45, 2.75) is 45.8 Å². The van der Waals surface area contributed by atoms with Gasteiger partial charge in [0.25, 0.3) is 16.1 Å². The lowest BCUT2D eigenvalue weighted by Gasteiger charge is -2.10. The predicted molar refractivity (Wildman–Crippen MR) is 71.2 cm³/mol. The van der Waals surface area contributed by atoms with E-state index in [1.165, 1.54) is 0 Å². The van der Waals surface area contributed by atoms with Crippen molar-refractivity contribution in [2.24, 2.45) is 0 Å². The quantitative estimate of drug-likeness (QED) is 0.369.